The minimum Gasteiger partial charge on any atom is -0.347 e. The summed E-state index contributed by atoms with van der Waals surface area (Å²) in [4.78, 5) is 18.5. The van der Waals surface area contributed by atoms with Crippen LogP contribution in [0.25, 0.3) is 0 Å². The third-order valence-corrected chi connectivity index (χ3v) is 3.59. The number of nitrogens with zero attached hydrogens (tertiary/aromatic N) is 3. The third kappa shape index (κ3) is 4.37. The van der Waals surface area contributed by atoms with Crippen LogP contribution < -0.4 is 10.2 Å². The molecule has 0 unspecified atom stereocenters. The topological polar surface area (TPSA) is 47.9 Å². The van der Waals surface area contributed by atoms with Crippen molar-refractivity contribution < 1.29 is 18.0 Å². The molecule has 0 fully saturated rings. The number of benzene rings is 1. The Morgan fingerprint density at radius 2 is 2.09 bits per heavy atom. The SMILES string of the molecule is CN=C(NCC(=O)N(C)CC(F)(F)F)N1CCc2ccccc21. The number of likely N-dealkylation sites (N-methyl/N-ethyl adjacent to an activating group) is 1. The summed E-state index contributed by atoms with van der Waals surface area (Å²) in [5.74, 6) is -0.167. The first-order valence-electron chi connectivity index (χ1n) is 7.18. The Balaban J connectivity index is 1.96. The van der Waals surface area contributed by atoms with Gasteiger partial charge in [0.05, 0.1) is 6.54 Å². The molecular weight excluding hydrogens is 309 g/mol. The second-order valence-corrected chi connectivity index (χ2v) is 5.30. The number of hydrogen-bond acceptors (Lipinski definition) is 2. The molecule has 1 aromatic carbocycles. The number of anilines is 1. The Morgan fingerprint density at radius 3 is 2.74 bits per heavy atom. The highest BCUT2D eigenvalue weighted by molar-refractivity contribution is 5.99. The molecule has 1 aliphatic heterocycles. The molecule has 0 saturated carbocycles. The van der Waals surface area contributed by atoms with Gasteiger partial charge in [-0.1, -0.05) is 18.2 Å². The summed E-state index contributed by atoms with van der Waals surface area (Å²) in [6.45, 7) is -0.790. The first-order chi connectivity index (χ1) is 10.8. The van der Waals surface area contributed by atoms with Gasteiger partial charge in [-0.2, -0.15) is 13.2 Å². The summed E-state index contributed by atoms with van der Waals surface area (Å²) in [6, 6.07) is 7.83. The molecule has 0 radical (unpaired) electrons. The van der Waals surface area contributed by atoms with Gasteiger partial charge in [-0.05, 0) is 18.1 Å². The average Bonchev–Trinajstić information content (AvgIpc) is 2.90. The largest absolute Gasteiger partial charge is 0.406 e. The highest BCUT2D eigenvalue weighted by Crippen LogP contribution is 2.27. The Labute approximate surface area is 132 Å². The lowest BCUT2D eigenvalue weighted by Gasteiger charge is -2.24. The monoisotopic (exact) mass is 328 g/mol. The number of rotatable bonds is 3. The Hall–Kier alpha value is -2.25. The van der Waals surface area contributed by atoms with Gasteiger partial charge in [-0.3, -0.25) is 9.79 Å². The van der Waals surface area contributed by atoms with Crippen molar-refractivity contribution in [3.8, 4) is 0 Å². The predicted octanol–water partition coefficient (Wildman–Crippen LogP) is 1.65. The van der Waals surface area contributed by atoms with Crippen molar-refractivity contribution in [3.05, 3.63) is 29.8 Å². The van der Waals surface area contributed by atoms with E-state index in [4.69, 9.17) is 0 Å². The lowest BCUT2D eigenvalue weighted by molar-refractivity contribution is -0.157. The summed E-state index contributed by atoms with van der Waals surface area (Å²) in [6.07, 6.45) is -3.54. The minimum absolute atomic E-state index is 0.238. The normalized spacial score (nSPS) is 14.7. The Kier molecular flexibility index (Phi) is 5.12. The van der Waals surface area contributed by atoms with Crippen LogP contribution in [0, 0.1) is 0 Å². The number of nitrogens with one attached hydrogen (secondary N) is 1. The van der Waals surface area contributed by atoms with E-state index in [1.54, 1.807) is 7.05 Å². The molecular formula is C15H19F3N4O. The van der Waals surface area contributed by atoms with E-state index in [0.717, 1.165) is 19.2 Å². The molecule has 126 valence electrons. The van der Waals surface area contributed by atoms with E-state index in [0.29, 0.717) is 17.4 Å². The highest BCUT2D eigenvalue weighted by atomic mass is 19.4. The Bertz CT molecular complexity index is 601. The second kappa shape index (κ2) is 6.89. The van der Waals surface area contributed by atoms with Gasteiger partial charge in [-0.25, -0.2) is 0 Å². The van der Waals surface area contributed by atoms with Gasteiger partial charge in [-0.15, -0.1) is 0 Å². The van der Waals surface area contributed by atoms with Gasteiger partial charge in [0.15, 0.2) is 5.96 Å². The second-order valence-electron chi connectivity index (χ2n) is 5.30. The van der Waals surface area contributed by atoms with Crippen LogP contribution in [-0.2, 0) is 11.2 Å². The van der Waals surface area contributed by atoms with Crippen LogP contribution in [0.15, 0.2) is 29.3 Å². The number of para-hydroxylation sites is 1. The fourth-order valence-electron chi connectivity index (χ4n) is 2.50. The maximum Gasteiger partial charge on any atom is 0.406 e. The lowest BCUT2D eigenvalue weighted by Crippen LogP contribution is -2.46. The van der Waals surface area contributed by atoms with Crippen molar-refractivity contribution in [2.75, 3.05) is 38.6 Å². The maximum absolute atomic E-state index is 12.3. The standard InChI is InChI=1S/C15H19F3N4O/c1-19-14(20-9-13(23)21(2)10-15(16,17)18)22-8-7-11-5-3-4-6-12(11)22/h3-6H,7-10H2,1-2H3,(H,19,20). The molecule has 8 heteroatoms. The van der Waals surface area contributed by atoms with Gasteiger partial charge >= 0.3 is 6.18 Å². The number of halogens is 3. The highest BCUT2D eigenvalue weighted by Gasteiger charge is 2.31. The first-order valence-corrected chi connectivity index (χ1v) is 7.18. The summed E-state index contributed by atoms with van der Waals surface area (Å²) >= 11 is 0. The summed E-state index contributed by atoms with van der Waals surface area (Å²) in [5, 5.41) is 2.84. The molecule has 23 heavy (non-hydrogen) atoms. The van der Waals surface area contributed by atoms with Crippen LogP contribution in [0.3, 0.4) is 0 Å². The van der Waals surface area contributed by atoms with Gasteiger partial charge in [0.25, 0.3) is 0 Å². The van der Waals surface area contributed by atoms with Gasteiger partial charge in [0, 0.05) is 26.3 Å². The van der Waals surface area contributed by atoms with Crippen molar-refractivity contribution >= 4 is 17.6 Å². The minimum atomic E-state index is -4.40. The molecule has 0 atom stereocenters. The van der Waals surface area contributed by atoms with Gasteiger partial charge < -0.3 is 15.1 Å². The smallest absolute Gasteiger partial charge is 0.347 e. The van der Waals surface area contributed by atoms with Crippen LogP contribution in [-0.4, -0.2) is 56.7 Å². The number of guanidine groups is 1. The van der Waals surface area contributed by atoms with Gasteiger partial charge in [0.2, 0.25) is 5.91 Å². The number of hydrogen-bond donors (Lipinski definition) is 1. The van der Waals surface area contributed by atoms with E-state index in [9.17, 15) is 18.0 Å². The van der Waals surface area contributed by atoms with Crippen molar-refractivity contribution in [2.45, 2.75) is 12.6 Å². The molecule has 2 rings (SSSR count). The molecule has 0 bridgehead atoms. The number of aliphatic imine (C=N–C) groups is 1. The molecule has 1 N–H and O–H groups in total. The zero-order valence-corrected chi connectivity index (χ0v) is 13.0. The number of fused-ring (bicyclic) bond motifs is 1. The van der Waals surface area contributed by atoms with Crippen LogP contribution in [0.4, 0.5) is 18.9 Å². The van der Waals surface area contributed by atoms with E-state index >= 15 is 0 Å². The summed E-state index contributed by atoms with van der Waals surface area (Å²) in [7, 11) is 2.71. The lowest BCUT2D eigenvalue weighted by atomic mass is 10.2. The molecule has 0 aliphatic carbocycles. The fraction of sp³-hybridized carbons (Fsp3) is 0.467. The quantitative estimate of drug-likeness (QED) is 0.678. The fourth-order valence-corrected chi connectivity index (χ4v) is 2.50. The van der Waals surface area contributed by atoms with Crippen LogP contribution in [0.1, 0.15) is 5.56 Å². The predicted molar refractivity (Wildman–Crippen MR) is 82.5 cm³/mol. The number of carbonyl (C=O) groups is 1. The van der Waals surface area contributed by atoms with E-state index in [-0.39, 0.29) is 6.54 Å². The van der Waals surface area contributed by atoms with E-state index in [1.165, 1.54) is 5.56 Å². The van der Waals surface area contributed by atoms with Crippen LogP contribution >= 0.6 is 0 Å². The molecule has 1 heterocycles. The van der Waals surface area contributed by atoms with Crippen LogP contribution in [0.5, 0.6) is 0 Å². The van der Waals surface area contributed by atoms with Crippen molar-refractivity contribution in [1.29, 1.82) is 0 Å². The van der Waals surface area contributed by atoms with Crippen molar-refractivity contribution in [3.63, 3.8) is 0 Å². The number of amides is 1. The number of carbonyl (C=O) groups excluding carboxylic acids is 1. The zero-order chi connectivity index (χ0) is 17.0. The van der Waals surface area contributed by atoms with E-state index in [1.807, 2.05) is 29.2 Å². The van der Waals surface area contributed by atoms with Crippen molar-refractivity contribution in [1.82, 2.24) is 10.2 Å². The van der Waals surface area contributed by atoms with E-state index < -0.39 is 18.6 Å². The number of alkyl halides is 3. The zero-order valence-electron chi connectivity index (χ0n) is 13.0. The summed E-state index contributed by atoms with van der Waals surface area (Å²) < 4.78 is 36.9. The first kappa shape index (κ1) is 17.1. The molecule has 1 aliphatic rings. The molecule has 0 spiro atoms. The summed E-state index contributed by atoms with van der Waals surface area (Å²) in [5.41, 5.74) is 2.17. The average molecular weight is 328 g/mol. The Morgan fingerprint density at radius 1 is 1.39 bits per heavy atom. The maximum atomic E-state index is 12.3. The molecule has 1 amide bonds. The third-order valence-electron chi connectivity index (χ3n) is 3.59. The van der Waals surface area contributed by atoms with Gasteiger partial charge in [0.1, 0.15) is 6.54 Å². The molecule has 1 aromatic rings. The molecule has 5 nitrogen and oxygen atoms in total. The molecule has 0 aromatic heterocycles. The van der Waals surface area contributed by atoms with Crippen LogP contribution in [0.2, 0.25) is 0 Å². The van der Waals surface area contributed by atoms with E-state index in [2.05, 4.69) is 10.3 Å². The van der Waals surface area contributed by atoms with Crippen molar-refractivity contribution in [2.24, 2.45) is 4.99 Å². The molecule has 0 saturated heterocycles.